The molecule has 0 saturated heterocycles. The van der Waals surface area contributed by atoms with E-state index in [1.807, 2.05) is 0 Å². The molecule has 9 heteroatoms. The molecule has 0 atom stereocenters. The lowest BCUT2D eigenvalue weighted by Gasteiger charge is -2.15. The lowest BCUT2D eigenvalue weighted by molar-refractivity contribution is 0.459. The molecule has 146 valence electrons. The second-order valence-corrected chi connectivity index (χ2v) is 8.66. The maximum atomic E-state index is 13.0. The van der Waals surface area contributed by atoms with Crippen LogP contribution in [0, 0.1) is 20.8 Å². The number of aryl methyl sites for hydroxylation is 3. The molecule has 0 spiro atoms. The van der Waals surface area contributed by atoms with Gasteiger partial charge in [0.25, 0.3) is 10.0 Å². The van der Waals surface area contributed by atoms with Crippen LogP contribution in [0.1, 0.15) is 16.8 Å². The van der Waals surface area contributed by atoms with E-state index in [4.69, 9.17) is 27.9 Å². The molecule has 0 unspecified atom stereocenters. The largest absolute Gasteiger partial charge is 0.435 e. The molecule has 2 aromatic heterocycles. The molecular formula is C19H17Cl2N3O3S. The second kappa shape index (κ2) is 7.95. The van der Waals surface area contributed by atoms with Gasteiger partial charge in [0.15, 0.2) is 5.75 Å². The smallest absolute Gasteiger partial charge is 0.262 e. The molecule has 0 aliphatic carbocycles. The van der Waals surface area contributed by atoms with Crippen molar-refractivity contribution in [3.8, 4) is 11.6 Å². The van der Waals surface area contributed by atoms with Gasteiger partial charge >= 0.3 is 0 Å². The molecule has 28 heavy (non-hydrogen) atoms. The first kappa shape index (κ1) is 20.4. The van der Waals surface area contributed by atoms with Crippen LogP contribution in [-0.2, 0) is 10.0 Å². The molecule has 0 amide bonds. The fourth-order valence-corrected chi connectivity index (χ4v) is 4.24. The highest BCUT2D eigenvalue weighted by molar-refractivity contribution is 7.92. The summed E-state index contributed by atoms with van der Waals surface area (Å²) >= 11 is 12.1. The summed E-state index contributed by atoms with van der Waals surface area (Å²) < 4.78 is 34.2. The van der Waals surface area contributed by atoms with Crippen molar-refractivity contribution in [1.82, 2.24) is 9.97 Å². The van der Waals surface area contributed by atoms with Gasteiger partial charge in [-0.15, -0.1) is 0 Å². The average Bonchev–Trinajstić information content (AvgIpc) is 2.61. The Morgan fingerprint density at radius 1 is 1.04 bits per heavy atom. The van der Waals surface area contributed by atoms with Gasteiger partial charge in [0.1, 0.15) is 5.69 Å². The summed E-state index contributed by atoms with van der Waals surface area (Å²) in [5.41, 5.74) is 1.92. The van der Waals surface area contributed by atoms with Crippen molar-refractivity contribution < 1.29 is 13.2 Å². The number of ether oxygens (including phenoxy) is 1. The number of nitrogens with one attached hydrogen (secondary N) is 1. The number of benzene rings is 1. The Morgan fingerprint density at radius 3 is 2.50 bits per heavy atom. The molecule has 0 saturated carbocycles. The predicted octanol–water partition coefficient (Wildman–Crippen LogP) is 5.30. The van der Waals surface area contributed by atoms with E-state index in [9.17, 15) is 8.42 Å². The standard InChI is InChI=1S/C19H17Cl2N3O3S/c1-11-8-18(12(2)7-15(11)21)28(25,26)24-16-9-14(20)10-23-19(16)27-17-5-4-6-22-13(17)3/h4-10,24H,1-3H3. The van der Waals surface area contributed by atoms with Crippen molar-refractivity contribution in [2.45, 2.75) is 25.7 Å². The zero-order valence-electron chi connectivity index (χ0n) is 15.3. The molecule has 0 radical (unpaired) electrons. The highest BCUT2D eigenvalue weighted by atomic mass is 35.5. The quantitative estimate of drug-likeness (QED) is 0.585. The number of hydrogen-bond donors (Lipinski definition) is 1. The SMILES string of the molecule is Cc1cc(S(=O)(=O)Nc2cc(Cl)cnc2Oc2cccnc2C)c(C)cc1Cl. The number of anilines is 1. The van der Waals surface area contributed by atoms with Crippen LogP contribution < -0.4 is 9.46 Å². The summed E-state index contributed by atoms with van der Waals surface area (Å²) in [6.07, 6.45) is 3.00. The van der Waals surface area contributed by atoms with Crippen LogP contribution in [0.15, 0.2) is 47.6 Å². The molecule has 0 bridgehead atoms. The van der Waals surface area contributed by atoms with Crippen LogP contribution in [0.25, 0.3) is 0 Å². The Kier molecular flexibility index (Phi) is 5.79. The second-order valence-electron chi connectivity index (χ2n) is 6.17. The zero-order chi connectivity index (χ0) is 20.5. The monoisotopic (exact) mass is 437 g/mol. The minimum Gasteiger partial charge on any atom is -0.435 e. The Bertz CT molecular complexity index is 1150. The zero-order valence-corrected chi connectivity index (χ0v) is 17.7. The number of hydrogen-bond acceptors (Lipinski definition) is 5. The van der Waals surface area contributed by atoms with Gasteiger partial charge in [-0.2, -0.15) is 0 Å². The van der Waals surface area contributed by atoms with E-state index in [1.54, 1.807) is 45.2 Å². The Morgan fingerprint density at radius 2 is 1.79 bits per heavy atom. The number of aromatic nitrogens is 2. The van der Waals surface area contributed by atoms with Gasteiger partial charge in [-0.3, -0.25) is 9.71 Å². The first-order valence-corrected chi connectivity index (χ1v) is 10.5. The van der Waals surface area contributed by atoms with Crippen molar-refractivity contribution >= 4 is 38.9 Å². The van der Waals surface area contributed by atoms with Crippen molar-refractivity contribution in [1.29, 1.82) is 0 Å². The summed E-state index contributed by atoms with van der Waals surface area (Å²) in [4.78, 5) is 8.37. The average molecular weight is 438 g/mol. The van der Waals surface area contributed by atoms with E-state index < -0.39 is 10.0 Å². The molecule has 0 aliphatic rings. The summed E-state index contributed by atoms with van der Waals surface area (Å²) in [5.74, 6) is 0.517. The number of pyridine rings is 2. The molecule has 6 nitrogen and oxygen atoms in total. The predicted molar refractivity (Wildman–Crippen MR) is 110 cm³/mol. The first-order chi connectivity index (χ1) is 13.2. The van der Waals surface area contributed by atoms with Gasteiger partial charge in [0.2, 0.25) is 5.88 Å². The maximum absolute atomic E-state index is 13.0. The van der Waals surface area contributed by atoms with E-state index in [0.29, 0.717) is 27.6 Å². The van der Waals surface area contributed by atoms with Crippen molar-refractivity contribution in [3.63, 3.8) is 0 Å². The minimum atomic E-state index is -3.93. The van der Waals surface area contributed by atoms with Crippen LogP contribution in [0.4, 0.5) is 5.69 Å². The van der Waals surface area contributed by atoms with Gasteiger partial charge in [-0.25, -0.2) is 13.4 Å². The van der Waals surface area contributed by atoms with Crippen LogP contribution >= 0.6 is 23.2 Å². The van der Waals surface area contributed by atoms with E-state index >= 15 is 0 Å². The van der Waals surface area contributed by atoms with Crippen LogP contribution in [-0.4, -0.2) is 18.4 Å². The van der Waals surface area contributed by atoms with E-state index in [-0.39, 0.29) is 21.5 Å². The summed E-state index contributed by atoms with van der Waals surface area (Å²) in [7, 11) is -3.93. The number of nitrogens with zero attached hydrogens (tertiary/aromatic N) is 2. The number of sulfonamides is 1. The molecule has 1 N–H and O–H groups in total. The Labute approximate surface area is 173 Å². The van der Waals surface area contributed by atoms with Crippen molar-refractivity contribution in [3.05, 3.63) is 69.6 Å². The van der Waals surface area contributed by atoms with E-state index in [0.717, 1.165) is 0 Å². The van der Waals surface area contributed by atoms with Crippen molar-refractivity contribution in [2.75, 3.05) is 4.72 Å². The molecular weight excluding hydrogens is 421 g/mol. The van der Waals surface area contributed by atoms with Crippen LogP contribution in [0.2, 0.25) is 10.0 Å². The maximum Gasteiger partial charge on any atom is 0.262 e. The van der Waals surface area contributed by atoms with Crippen LogP contribution in [0.3, 0.4) is 0 Å². The van der Waals surface area contributed by atoms with Crippen molar-refractivity contribution in [2.24, 2.45) is 0 Å². The highest BCUT2D eigenvalue weighted by Gasteiger charge is 2.21. The summed E-state index contributed by atoms with van der Waals surface area (Å²) in [6, 6.07) is 7.98. The van der Waals surface area contributed by atoms with E-state index in [1.165, 1.54) is 18.3 Å². The Balaban J connectivity index is 2.01. The fraction of sp³-hybridized carbons (Fsp3) is 0.158. The molecule has 3 aromatic rings. The van der Waals surface area contributed by atoms with Gasteiger partial charge in [-0.1, -0.05) is 23.2 Å². The van der Waals surface area contributed by atoms with Crippen LogP contribution in [0.5, 0.6) is 11.6 Å². The third-order valence-electron chi connectivity index (χ3n) is 3.97. The van der Waals surface area contributed by atoms with Gasteiger partial charge < -0.3 is 4.74 Å². The summed E-state index contributed by atoms with van der Waals surface area (Å²) in [6.45, 7) is 5.18. The lowest BCUT2D eigenvalue weighted by Crippen LogP contribution is -2.15. The highest BCUT2D eigenvalue weighted by Crippen LogP contribution is 2.33. The van der Waals surface area contributed by atoms with Gasteiger partial charge in [0.05, 0.1) is 15.6 Å². The topological polar surface area (TPSA) is 81.2 Å². The first-order valence-electron chi connectivity index (χ1n) is 8.22. The Hall–Kier alpha value is -2.35. The molecule has 1 aromatic carbocycles. The van der Waals surface area contributed by atoms with Gasteiger partial charge in [-0.05, 0) is 62.2 Å². The molecule has 0 fully saturated rings. The van der Waals surface area contributed by atoms with E-state index in [2.05, 4.69) is 14.7 Å². The fourth-order valence-electron chi connectivity index (χ4n) is 2.51. The number of halogens is 2. The third-order valence-corrected chi connectivity index (χ3v) is 6.09. The molecule has 3 rings (SSSR count). The lowest BCUT2D eigenvalue weighted by atomic mass is 10.2. The molecule has 0 aliphatic heterocycles. The third kappa shape index (κ3) is 4.38. The summed E-state index contributed by atoms with van der Waals surface area (Å²) in [5, 5.41) is 0.758. The minimum absolute atomic E-state index is 0.0624. The number of rotatable bonds is 5. The molecule has 2 heterocycles. The normalized spacial score (nSPS) is 11.3. The van der Waals surface area contributed by atoms with Gasteiger partial charge in [0, 0.05) is 17.4 Å².